The molecular weight excluding hydrogens is 720 g/mol. The molecule has 0 aromatic carbocycles. The minimum Gasteiger partial charge on any atom is -0.457 e. The third-order valence-electron chi connectivity index (χ3n) is 15.5. The summed E-state index contributed by atoms with van der Waals surface area (Å²) in [6, 6.07) is 0. The van der Waals surface area contributed by atoms with Crippen LogP contribution in [0.1, 0.15) is 73.1 Å². The standard InChI is InChI=1S/C40H60O15/c1-16-14-50-40(35(48)29(16)44)17(2)28-26(55-40)13-24-22-8-7-20-11-21(42)12-27(39(20,6)23(22)9-10-38(24,28)5)53-37-34(30(45)25(43)15-49-37)54-36-32(47)31(46)33(18(3)51-36)52-19(4)41/h7,17-18,21-37,42-48H,1,8-15H2,2-6H3/t17-,18-,21+,22+,23-,24-,25-,26-,27+,28-,29-,30-,31-,32+,33-,34+,35-,36-,37-,38-,39-,40-/m0/s1. The average molecular weight is 781 g/mol. The first-order valence-electron chi connectivity index (χ1n) is 20.1. The Hall–Kier alpha value is -1.57. The Kier molecular flexibility index (Phi) is 10.5. The van der Waals surface area contributed by atoms with Crippen molar-refractivity contribution in [3.8, 4) is 0 Å². The van der Waals surface area contributed by atoms with E-state index >= 15 is 0 Å². The lowest BCUT2D eigenvalue weighted by Gasteiger charge is -2.60. The zero-order chi connectivity index (χ0) is 39.5. The third-order valence-corrected chi connectivity index (χ3v) is 15.5. The Morgan fingerprint density at radius 2 is 1.69 bits per heavy atom. The van der Waals surface area contributed by atoms with E-state index in [2.05, 4.69) is 33.4 Å². The molecule has 0 radical (unpaired) electrons. The minimum atomic E-state index is -1.67. The first-order chi connectivity index (χ1) is 25.9. The summed E-state index contributed by atoms with van der Waals surface area (Å²) in [5.41, 5.74) is 0.906. The zero-order valence-corrected chi connectivity index (χ0v) is 32.3. The summed E-state index contributed by atoms with van der Waals surface area (Å²) < 4.78 is 42.8. The molecule has 0 aromatic rings. The topological polar surface area (TPSA) is 223 Å². The summed E-state index contributed by atoms with van der Waals surface area (Å²) in [5.74, 6) is -1.29. The molecule has 15 heteroatoms. The van der Waals surface area contributed by atoms with Gasteiger partial charge in [-0.15, -0.1) is 0 Å². The minimum absolute atomic E-state index is 0.106. The normalized spacial score (nSPS) is 56.3. The fraction of sp³-hybridized carbons (Fsp3) is 0.875. The summed E-state index contributed by atoms with van der Waals surface area (Å²) in [6.07, 6.45) is -9.47. The molecule has 4 aliphatic heterocycles. The highest BCUT2D eigenvalue weighted by Crippen LogP contribution is 2.71. The molecule has 8 aliphatic rings. The Morgan fingerprint density at radius 1 is 0.945 bits per heavy atom. The molecule has 4 saturated heterocycles. The van der Waals surface area contributed by atoms with Crippen LogP contribution in [0.3, 0.4) is 0 Å². The molecule has 3 saturated carbocycles. The summed E-state index contributed by atoms with van der Waals surface area (Å²) in [4.78, 5) is 11.6. The largest absolute Gasteiger partial charge is 0.457 e. The molecule has 8 rings (SSSR count). The van der Waals surface area contributed by atoms with Gasteiger partial charge in [0.2, 0.25) is 5.79 Å². The van der Waals surface area contributed by atoms with Crippen LogP contribution >= 0.6 is 0 Å². The van der Waals surface area contributed by atoms with E-state index in [9.17, 15) is 40.5 Å². The van der Waals surface area contributed by atoms with Crippen LogP contribution in [-0.2, 0) is 38.0 Å². The molecule has 0 unspecified atom stereocenters. The highest BCUT2D eigenvalue weighted by Gasteiger charge is 2.71. The zero-order valence-electron chi connectivity index (χ0n) is 32.3. The van der Waals surface area contributed by atoms with Crippen LogP contribution in [0, 0.1) is 40.4 Å². The molecule has 4 aliphatic carbocycles. The Bertz CT molecular complexity index is 1520. The Labute approximate surface area is 321 Å². The summed E-state index contributed by atoms with van der Waals surface area (Å²) >= 11 is 0. The molecule has 0 amide bonds. The van der Waals surface area contributed by atoms with Crippen molar-refractivity contribution < 1.29 is 73.7 Å². The second-order valence-electron chi connectivity index (χ2n) is 18.3. The Morgan fingerprint density at radius 3 is 2.42 bits per heavy atom. The summed E-state index contributed by atoms with van der Waals surface area (Å²) in [5, 5.41) is 76.9. The lowest BCUT2D eigenvalue weighted by Crippen LogP contribution is -2.64. The van der Waals surface area contributed by atoms with E-state index in [0.717, 1.165) is 31.3 Å². The van der Waals surface area contributed by atoms with Crippen molar-refractivity contribution in [3.05, 3.63) is 23.8 Å². The number of rotatable bonds is 5. The number of carbonyl (C=O) groups is 1. The number of esters is 1. The highest BCUT2D eigenvalue weighted by atomic mass is 16.8. The van der Waals surface area contributed by atoms with Gasteiger partial charge in [0.25, 0.3) is 0 Å². The van der Waals surface area contributed by atoms with Gasteiger partial charge in [0.15, 0.2) is 18.7 Å². The molecule has 55 heavy (non-hydrogen) atoms. The average Bonchev–Trinajstić information content (AvgIpc) is 3.59. The number of fused-ring (bicyclic) bond motifs is 7. The van der Waals surface area contributed by atoms with Crippen molar-refractivity contribution in [2.75, 3.05) is 13.2 Å². The van der Waals surface area contributed by atoms with Crippen LogP contribution in [0.25, 0.3) is 0 Å². The quantitative estimate of drug-likeness (QED) is 0.149. The lowest BCUT2D eigenvalue weighted by atomic mass is 9.46. The van der Waals surface area contributed by atoms with Gasteiger partial charge in [-0.2, -0.15) is 0 Å². The van der Waals surface area contributed by atoms with Crippen molar-refractivity contribution in [2.45, 2.75) is 165 Å². The van der Waals surface area contributed by atoms with E-state index < -0.39 is 96.9 Å². The maximum atomic E-state index is 11.6. The van der Waals surface area contributed by atoms with E-state index in [1.807, 2.05) is 0 Å². The van der Waals surface area contributed by atoms with Gasteiger partial charge in [-0.1, -0.05) is 39.0 Å². The molecule has 15 nitrogen and oxygen atoms in total. The number of carbonyl (C=O) groups excluding carboxylic acids is 1. The number of ether oxygens (including phenoxy) is 7. The predicted molar refractivity (Wildman–Crippen MR) is 189 cm³/mol. The SMILES string of the molecule is C=C1CO[C@@]2(O[C@H]3C[C@H]4[C@@H]5CC=C6C[C@@H](O)C[C@@H](O[C@@H]7OC[C@H](O)[C@H](O)[C@H]7O[C@@H]7O[C@@H](C)[C@H](OC(C)=O)[C@@H](O)[C@H]7O)[C@]6(C)[C@H]5CC[C@]4(C)[C@H]3[C@@H]2C)[C@@H](O)[C@H]1O. The van der Waals surface area contributed by atoms with Crippen LogP contribution in [0.15, 0.2) is 23.8 Å². The van der Waals surface area contributed by atoms with Crippen molar-refractivity contribution in [1.29, 1.82) is 0 Å². The molecule has 310 valence electrons. The molecule has 22 atom stereocenters. The maximum absolute atomic E-state index is 11.6. The fourth-order valence-electron chi connectivity index (χ4n) is 12.6. The van der Waals surface area contributed by atoms with Gasteiger partial charge in [-0.05, 0) is 73.7 Å². The fourth-order valence-corrected chi connectivity index (χ4v) is 12.6. The summed E-state index contributed by atoms with van der Waals surface area (Å²) in [7, 11) is 0. The number of aliphatic hydroxyl groups excluding tert-OH is 7. The second-order valence-corrected chi connectivity index (χ2v) is 18.3. The van der Waals surface area contributed by atoms with Gasteiger partial charge in [-0.25, -0.2) is 0 Å². The van der Waals surface area contributed by atoms with E-state index in [0.29, 0.717) is 18.4 Å². The molecule has 7 N–H and O–H groups in total. The summed E-state index contributed by atoms with van der Waals surface area (Å²) in [6.45, 7) is 13.1. The molecule has 0 bridgehead atoms. The van der Waals surface area contributed by atoms with Crippen molar-refractivity contribution in [2.24, 2.45) is 40.4 Å². The second kappa shape index (κ2) is 14.3. The smallest absolute Gasteiger partial charge is 0.303 e. The van der Waals surface area contributed by atoms with E-state index in [-0.39, 0.29) is 54.3 Å². The van der Waals surface area contributed by atoms with Crippen LogP contribution in [0.4, 0.5) is 0 Å². The molecule has 1 spiro atoms. The molecule has 7 fully saturated rings. The predicted octanol–water partition coefficient (Wildman–Crippen LogP) is 0.432. The van der Waals surface area contributed by atoms with E-state index in [1.165, 1.54) is 6.92 Å². The molecule has 0 aromatic heterocycles. The van der Waals surface area contributed by atoms with Crippen LogP contribution in [0.2, 0.25) is 0 Å². The van der Waals surface area contributed by atoms with Crippen molar-refractivity contribution in [1.82, 2.24) is 0 Å². The number of allylic oxidation sites excluding steroid dienone is 1. The third kappa shape index (κ3) is 6.13. The van der Waals surface area contributed by atoms with Crippen LogP contribution in [0.5, 0.6) is 0 Å². The van der Waals surface area contributed by atoms with Gasteiger partial charge >= 0.3 is 5.97 Å². The highest BCUT2D eigenvalue weighted by molar-refractivity contribution is 5.66. The van der Waals surface area contributed by atoms with Crippen LogP contribution in [-0.4, -0.2) is 147 Å². The van der Waals surface area contributed by atoms with Gasteiger partial charge in [0.05, 0.1) is 37.6 Å². The molecular formula is C40H60O15. The number of aliphatic hydroxyl groups is 7. The number of hydrogen-bond acceptors (Lipinski definition) is 15. The van der Waals surface area contributed by atoms with Gasteiger partial charge in [0, 0.05) is 24.7 Å². The molecule has 4 heterocycles. The van der Waals surface area contributed by atoms with Gasteiger partial charge < -0.3 is 68.9 Å². The first-order valence-corrected chi connectivity index (χ1v) is 20.1. The van der Waals surface area contributed by atoms with E-state index in [4.69, 9.17) is 33.2 Å². The van der Waals surface area contributed by atoms with Crippen LogP contribution < -0.4 is 0 Å². The Balaban J connectivity index is 1.03. The van der Waals surface area contributed by atoms with Crippen molar-refractivity contribution in [3.63, 3.8) is 0 Å². The van der Waals surface area contributed by atoms with Crippen molar-refractivity contribution >= 4 is 5.97 Å². The van der Waals surface area contributed by atoms with Gasteiger partial charge in [-0.3, -0.25) is 4.79 Å². The maximum Gasteiger partial charge on any atom is 0.303 e. The number of hydrogen-bond donors (Lipinski definition) is 7. The monoisotopic (exact) mass is 780 g/mol. The lowest BCUT2D eigenvalue weighted by molar-refractivity contribution is -0.363. The van der Waals surface area contributed by atoms with E-state index in [1.54, 1.807) is 6.92 Å². The van der Waals surface area contributed by atoms with Gasteiger partial charge in [0.1, 0.15) is 42.7 Å². The first kappa shape index (κ1) is 40.2.